The Kier molecular flexibility index (Phi) is 5.27. The second-order valence-corrected chi connectivity index (χ2v) is 4.96. The number of benzene rings is 1. The molecule has 0 saturated carbocycles. The van der Waals surface area contributed by atoms with Gasteiger partial charge in [0.05, 0.1) is 19.6 Å². The van der Waals surface area contributed by atoms with Gasteiger partial charge in [0, 0.05) is 19.6 Å². The summed E-state index contributed by atoms with van der Waals surface area (Å²) in [5.41, 5.74) is 0.611. The zero-order valence-electron chi connectivity index (χ0n) is 12.0. The normalized spacial score (nSPS) is 19.1. The van der Waals surface area contributed by atoms with E-state index in [-0.39, 0.29) is 18.1 Å². The maximum Gasteiger partial charge on any atom is 0.307 e. The minimum Gasteiger partial charge on any atom is -0.469 e. The Morgan fingerprint density at radius 1 is 1.48 bits per heavy atom. The maximum atomic E-state index is 13.6. The number of carbonyl (C=O) groups is 2. The third kappa shape index (κ3) is 4.01. The number of methoxy groups -OCH3 is 1. The molecule has 2 rings (SSSR count). The van der Waals surface area contributed by atoms with Gasteiger partial charge in [-0.1, -0.05) is 18.2 Å². The van der Waals surface area contributed by atoms with Crippen LogP contribution in [0.2, 0.25) is 0 Å². The molecule has 1 amide bonds. The van der Waals surface area contributed by atoms with Crippen molar-refractivity contribution >= 4 is 11.9 Å². The topological polar surface area (TPSA) is 58.6 Å². The summed E-state index contributed by atoms with van der Waals surface area (Å²) in [6.45, 7) is 1.70. The SMILES string of the molecule is COC(=O)CC1C(=O)NCCN1CCc1ccccc1F. The lowest BCUT2D eigenvalue weighted by Gasteiger charge is -2.34. The van der Waals surface area contributed by atoms with Crippen molar-refractivity contribution in [3.8, 4) is 0 Å². The first-order valence-electron chi connectivity index (χ1n) is 6.94. The van der Waals surface area contributed by atoms with Crippen LogP contribution in [0, 0.1) is 5.82 Å². The van der Waals surface area contributed by atoms with Crippen molar-refractivity contribution in [1.82, 2.24) is 10.2 Å². The van der Waals surface area contributed by atoms with Crippen LogP contribution in [0.15, 0.2) is 24.3 Å². The summed E-state index contributed by atoms with van der Waals surface area (Å²) in [6, 6.07) is 6.04. The van der Waals surface area contributed by atoms with E-state index in [1.807, 2.05) is 4.90 Å². The fraction of sp³-hybridized carbons (Fsp3) is 0.467. The van der Waals surface area contributed by atoms with Gasteiger partial charge in [-0.15, -0.1) is 0 Å². The highest BCUT2D eigenvalue weighted by Gasteiger charge is 2.31. The van der Waals surface area contributed by atoms with Gasteiger partial charge >= 0.3 is 5.97 Å². The molecule has 114 valence electrons. The van der Waals surface area contributed by atoms with Gasteiger partial charge < -0.3 is 10.1 Å². The van der Waals surface area contributed by atoms with Gasteiger partial charge in [-0.3, -0.25) is 14.5 Å². The molecule has 1 atom stereocenters. The van der Waals surface area contributed by atoms with Crippen molar-refractivity contribution in [1.29, 1.82) is 0 Å². The molecule has 1 aromatic carbocycles. The van der Waals surface area contributed by atoms with E-state index in [9.17, 15) is 14.0 Å². The number of ether oxygens (including phenoxy) is 1. The average molecular weight is 294 g/mol. The van der Waals surface area contributed by atoms with Crippen molar-refractivity contribution in [2.24, 2.45) is 0 Å². The van der Waals surface area contributed by atoms with Crippen molar-refractivity contribution in [2.75, 3.05) is 26.7 Å². The number of nitrogens with one attached hydrogen (secondary N) is 1. The Labute approximate surface area is 123 Å². The van der Waals surface area contributed by atoms with Crippen LogP contribution in [0.25, 0.3) is 0 Å². The Balaban J connectivity index is 2.00. The van der Waals surface area contributed by atoms with Crippen LogP contribution in [-0.4, -0.2) is 49.6 Å². The molecule has 1 fully saturated rings. The fourth-order valence-electron chi connectivity index (χ4n) is 2.46. The number of halogens is 1. The molecule has 6 heteroatoms. The molecule has 0 radical (unpaired) electrons. The molecule has 1 saturated heterocycles. The first-order valence-corrected chi connectivity index (χ1v) is 6.94. The van der Waals surface area contributed by atoms with Gasteiger partial charge in [0.15, 0.2) is 0 Å². The first-order chi connectivity index (χ1) is 10.1. The van der Waals surface area contributed by atoms with Crippen LogP contribution in [0.5, 0.6) is 0 Å². The lowest BCUT2D eigenvalue weighted by molar-refractivity contribution is -0.145. The van der Waals surface area contributed by atoms with Crippen LogP contribution in [-0.2, 0) is 20.7 Å². The predicted octanol–water partition coefficient (Wildman–Crippen LogP) is 0.732. The summed E-state index contributed by atoms with van der Waals surface area (Å²) in [5.74, 6) is -0.850. The van der Waals surface area contributed by atoms with E-state index < -0.39 is 12.0 Å². The van der Waals surface area contributed by atoms with Crippen LogP contribution < -0.4 is 5.32 Å². The molecule has 21 heavy (non-hydrogen) atoms. The Morgan fingerprint density at radius 2 is 2.24 bits per heavy atom. The van der Waals surface area contributed by atoms with Gasteiger partial charge in [-0.25, -0.2) is 4.39 Å². The summed E-state index contributed by atoms with van der Waals surface area (Å²) >= 11 is 0. The minimum absolute atomic E-state index is 0.0135. The van der Waals surface area contributed by atoms with E-state index in [2.05, 4.69) is 10.1 Å². The smallest absolute Gasteiger partial charge is 0.307 e. The molecular formula is C15H19FN2O3. The largest absolute Gasteiger partial charge is 0.469 e. The van der Waals surface area contributed by atoms with Crippen LogP contribution in [0.4, 0.5) is 4.39 Å². The lowest BCUT2D eigenvalue weighted by atomic mass is 10.1. The van der Waals surface area contributed by atoms with Crippen molar-refractivity contribution in [3.05, 3.63) is 35.6 Å². The van der Waals surface area contributed by atoms with Crippen LogP contribution in [0.1, 0.15) is 12.0 Å². The minimum atomic E-state index is -0.544. The van der Waals surface area contributed by atoms with E-state index in [0.717, 1.165) is 0 Å². The number of hydrogen-bond acceptors (Lipinski definition) is 4. The van der Waals surface area contributed by atoms with E-state index in [1.165, 1.54) is 13.2 Å². The lowest BCUT2D eigenvalue weighted by Crippen LogP contribution is -2.56. The van der Waals surface area contributed by atoms with Gasteiger partial charge in [-0.05, 0) is 18.1 Å². The monoisotopic (exact) mass is 294 g/mol. The second-order valence-electron chi connectivity index (χ2n) is 4.96. The average Bonchev–Trinajstić information content (AvgIpc) is 2.49. The third-order valence-corrected chi connectivity index (χ3v) is 3.66. The summed E-state index contributed by atoms with van der Waals surface area (Å²) in [4.78, 5) is 25.2. The van der Waals surface area contributed by atoms with E-state index in [4.69, 9.17) is 0 Å². The second kappa shape index (κ2) is 7.17. The molecule has 0 spiro atoms. The third-order valence-electron chi connectivity index (χ3n) is 3.66. The number of hydrogen-bond donors (Lipinski definition) is 1. The summed E-state index contributed by atoms with van der Waals surface area (Å²) in [6.07, 6.45) is 0.511. The number of rotatable bonds is 5. The Hall–Kier alpha value is -1.95. The molecule has 1 heterocycles. The molecular weight excluding hydrogens is 275 g/mol. The molecule has 1 N–H and O–H groups in total. The van der Waals surface area contributed by atoms with E-state index >= 15 is 0 Å². The highest BCUT2D eigenvalue weighted by molar-refractivity contribution is 5.87. The van der Waals surface area contributed by atoms with E-state index in [0.29, 0.717) is 31.6 Å². The van der Waals surface area contributed by atoms with Gasteiger partial charge in [0.1, 0.15) is 5.82 Å². The summed E-state index contributed by atoms with van der Waals surface area (Å²) < 4.78 is 18.2. The summed E-state index contributed by atoms with van der Waals surface area (Å²) in [5, 5.41) is 2.74. The van der Waals surface area contributed by atoms with Gasteiger partial charge in [-0.2, -0.15) is 0 Å². The quantitative estimate of drug-likeness (QED) is 0.814. The van der Waals surface area contributed by atoms with Gasteiger partial charge in [0.2, 0.25) is 5.91 Å². The number of amides is 1. The standard InChI is InChI=1S/C15H19FN2O3/c1-21-14(19)10-13-15(20)17-7-9-18(13)8-6-11-4-2-3-5-12(11)16/h2-5,13H,6-10H2,1H3,(H,17,20). The van der Waals surface area contributed by atoms with Crippen LogP contribution >= 0.6 is 0 Å². The molecule has 1 aliphatic rings. The molecule has 0 aliphatic carbocycles. The van der Waals surface area contributed by atoms with Crippen molar-refractivity contribution in [3.63, 3.8) is 0 Å². The molecule has 1 aliphatic heterocycles. The van der Waals surface area contributed by atoms with Crippen molar-refractivity contribution < 1.29 is 18.7 Å². The highest BCUT2D eigenvalue weighted by atomic mass is 19.1. The molecule has 1 aromatic rings. The number of carbonyl (C=O) groups excluding carboxylic acids is 2. The predicted molar refractivity (Wildman–Crippen MR) is 75.1 cm³/mol. The Morgan fingerprint density at radius 3 is 2.95 bits per heavy atom. The van der Waals surface area contributed by atoms with E-state index in [1.54, 1.807) is 18.2 Å². The molecule has 5 nitrogen and oxygen atoms in total. The molecule has 0 bridgehead atoms. The number of esters is 1. The van der Waals surface area contributed by atoms with Gasteiger partial charge in [0.25, 0.3) is 0 Å². The molecule has 1 unspecified atom stereocenters. The summed E-state index contributed by atoms with van der Waals surface area (Å²) in [7, 11) is 1.30. The van der Waals surface area contributed by atoms with Crippen molar-refractivity contribution in [2.45, 2.75) is 18.9 Å². The number of nitrogens with zero attached hydrogens (tertiary/aromatic N) is 1. The highest BCUT2D eigenvalue weighted by Crippen LogP contribution is 2.13. The maximum absolute atomic E-state index is 13.6. The fourth-order valence-corrected chi connectivity index (χ4v) is 2.46. The van der Waals surface area contributed by atoms with Crippen LogP contribution in [0.3, 0.4) is 0 Å². The number of piperazine rings is 1. The Bertz CT molecular complexity index is 521. The first kappa shape index (κ1) is 15.4. The zero-order chi connectivity index (χ0) is 15.2. The molecule has 0 aromatic heterocycles. The zero-order valence-corrected chi connectivity index (χ0v) is 12.0.